The van der Waals surface area contributed by atoms with E-state index in [1.165, 1.54) is 13.2 Å². The maximum Gasteiger partial charge on any atom is 0.387 e. The Balaban J connectivity index is 1.76. The van der Waals surface area contributed by atoms with Crippen molar-refractivity contribution in [2.75, 3.05) is 20.7 Å². The van der Waals surface area contributed by atoms with E-state index in [0.29, 0.717) is 19.6 Å². The van der Waals surface area contributed by atoms with Crippen molar-refractivity contribution in [2.45, 2.75) is 26.1 Å². The third kappa shape index (κ3) is 8.04. The molecule has 0 atom stereocenters. The number of rotatable bonds is 10. The van der Waals surface area contributed by atoms with Crippen LogP contribution in [0.5, 0.6) is 11.5 Å². The van der Waals surface area contributed by atoms with Crippen LogP contribution in [0.3, 0.4) is 0 Å². The van der Waals surface area contributed by atoms with Crippen molar-refractivity contribution in [1.29, 1.82) is 0 Å². The summed E-state index contributed by atoms with van der Waals surface area (Å²) < 4.78 is 34.5. The highest BCUT2D eigenvalue weighted by Crippen LogP contribution is 2.29. The first-order valence-corrected chi connectivity index (χ1v) is 9.29. The Morgan fingerprint density at radius 2 is 1.80 bits per heavy atom. The summed E-state index contributed by atoms with van der Waals surface area (Å²) in [5, 5.41) is 4.90. The number of hydrogen-bond donors (Lipinski definition) is 2. The van der Waals surface area contributed by atoms with E-state index >= 15 is 0 Å². The van der Waals surface area contributed by atoms with Crippen LogP contribution in [0.15, 0.2) is 48.5 Å². The molecular weight excluding hydrogens is 396 g/mol. The van der Waals surface area contributed by atoms with E-state index in [0.717, 1.165) is 11.1 Å². The third-order valence-corrected chi connectivity index (χ3v) is 4.17. The summed E-state index contributed by atoms with van der Waals surface area (Å²) in [7, 11) is 3.15. The molecule has 0 saturated heterocycles. The molecule has 9 heteroatoms. The third-order valence-electron chi connectivity index (χ3n) is 4.17. The van der Waals surface area contributed by atoms with Gasteiger partial charge in [-0.25, -0.2) is 4.79 Å². The molecule has 0 saturated carbocycles. The van der Waals surface area contributed by atoms with Gasteiger partial charge in [-0.1, -0.05) is 36.4 Å². The minimum atomic E-state index is -2.95. The standard InChI is InChI=1S/C21H25F2N3O4/c1-26(14-16-8-9-17(29-2)18(12-16)30-20(22)23)11-10-19(27)25-21(28)24-13-15-6-4-3-5-7-15/h3-9,12,20H,10-11,13-14H2,1-2H3,(H2,24,25,27,28). The molecule has 30 heavy (non-hydrogen) atoms. The van der Waals surface area contributed by atoms with E-state index < -0.39 is 18.5 Å². The monoisotopic (exact) mass is 421 g/mol. The number of carbonyl (C=O) groups is 2. The van der Waals surface area contributed by atoms with Crippen molar-refractivity contribution < 1.29 is 27.8 Å². The zero-order valence-electron chi connectivity index (χ0n) is 16.9. The second-order valence-electron chi connectivity index (χ2n) is 6.57. The number of amides is 3. The first kappa shape index (κ1) is 23.1. The van der Waals surface area contributed by atoms with E-state index in [9.17, 15) is 18.4 Å². The van der Waals surface area contributed by atoms with E-state index in [1.807, 2.05) is 35.2 Å². The van der Waals surface area contributed by atoms with Crippen molar-refractivity contribution >= 4 is 11.9 Å². The van der Waals surface area contributed by atoms with E-state index in [-0.39, 0.29) is 17.9 Å². The Kier molecular flexibility index (Phi) is 9.02. The summed E-state index contributed by atoms with van der Waals surface area (Å²) >= 11 is 0. The summed E-state index contributed by atoms with van der Waals surface area (Å²) in [5.41, 5.74) is 1.64. The molecule has 0 fully saturated rings. The molecule has 0 bridgehead atoms. The van der Waals surface area contributed by atoms with Crippen LogP contribution in [0, 0.1) is 0 Å². The number of nitrogens with zero attached hydrogens (tertiary/aromatic N) is 1. The van der Waals surface area contributed by atoms with Crippen LogP contribution in [-0.2, 0) is 17.9 Å². The molecule has 2 rings (SSSR count). The van der Waals surface area contributed by atoms with E-state index in [2.05, 4.69) is 15.4 Å². The summed E-state index contributed by atoms with van der Waals surface area (Å²) in [4.78, 5) is 25.6. The van der Waals surface area contributed by atoms with Gasteiger partial charge in [0, 0.05) is 26.1 Å². The smallest absolute Gasteiger partial charge is 0.387 e. The Labute approximate surface area is 174 Å². The molecule has 0 radical (unpaired) electrons. The molecule has 162 valence electrons. The van der Waals surface area contributed by atoms with Crippen LogP contribution in [0.2, 0.25) is 0 Å². The van der Waals surface area contributed by atoms with Crippen LogP contribution in [-0.4, -0.2) is 44.2 Å². The van der Waals surface area contributed by atoms with Crippen molar-refractivity contribution in [2.24, 2.45) is 0 Å². The topological polar surface area (TPSA) is 79.9 Å². The van der Waals surface area contributed by atoms with Gasteiger partial charge in [0.1, 0.15) is 0 Å². The fourth-order valence-electron chi connectivity index (χ4n) is 2.70. The molecule has 7 nitrogen and oxygen atoms in total. The number of nitrogens with one attached hydrogen (secondary N) is 2. The Morgan fingerprint density at radius 1 is 1.07 bits per heavy atom. The van der Waals surface area contributed by atoms with E-state index in [4.69, 9.17) is 4.74 Å². The summed E-state index contributed by atoms with van der Waals surface area (Å²) in [6, 6.07) is 13.5. The van der Waals surface area contributed by atoms with Crippen molar-refractivity contribution in [3.05, 3.63) is 59.7 Å². The van der Waals surface area contributed by atoms with Crippen LogP contribution in [0.1, 0.15) is 17.5 Å². The predicted molar refractivity (Wildman–Crippen MR) is 107 cm³/mol. The number of alkyl halides is 2. The molecule has 0 heterocycles. The Bertz CT molecular complexity index is 834. The highest BCUT2D eigenvalue weighted by atomic mass is 19.3. The molecule has 0 aliphatic rings. The largest absolute Gasteiger partial charge is 0.493 e. The molecule has 0 aliphatic heterocycles. The van der Waals surface area contributed by atoms with Crippen molar-refractivity contribution in [3.63, 3.8) is 0 Å². The second kappa shape index (κ2) is 11.7. The number of imide groups is 1. The maximum atomic E-state index is 12.5. The first-order chi connectivity index (χ1) is 14.4. The molecule has 3 amide bonds. The van der Waals surface area contributed by atoms with Gasteiger partial charge in [-0.3, -0.25) is 10.1 Å². The van der Waals surface area contributed by atoms with Gasteiger partial charge in [0.25, 0.3) is 0 Å². The van der Waals surface area contributed by atoms with Gasteiger partial charge in [-0.05, 0) is 30.3 Å². The van der Waals surface area contributed by atoms with Crippen molar-refractivity contribution in [3.8, 4) is 11.5 Å². The summed E-state index contributed by atoms with van der Waals surface area (Å²) in [6.07, 6.45) is 0.103. The lowest BCUT2D eigenvalue weighted by Gasteiger charge is -2.18. The maximum absolute atomic E-state index is 12.5. The second-order valence-corrected chi connectivity index (χ2v) is 6.57. The summed E-state index contributed by atoms with van der Waals surface area (Å²) in [6.45, 7) is -1.87. The van der Waals surface area contributed by atoms with Gasteiger partial charge in [-0.2, -0.15) is 8.78 Å². The summed E-state index contributed by atoms with van der Waals surface area (Å²) in [5.74, 6) is -0.252. The molecule has 2 aromatic rings. The molecule has 0 aromatic heterocycles. The molecule has 0 spiro atoms. The van der Waals surface area contributed by atoms with Crippen LogP contribution in [0.4, 0.5) is 13.6 Å². The lowest BCUT2D eigenvalue weighted by Crippen LogP contribution is -2.40. The Hall–Kier alpha value is -3.20. The molecule has 2 aromatic carbocycles. The zero-order chi connectivity index (χ0) is 21.9. The normalized spacial score (nSPS) is 10.7. The minimum Gasteiger partial charge on any atom is -0.493 e. The number of ether oxygens (including phenoxy) is 2. The van der Waals surface area contributed by atoms with Crippen LogP contribution >= 0.6 is 0 Å². The highest BCUT2D eigenvalue weighted by Gasteiger charge is 2.13. The van der Waals surface area contributed by atoms with Gasteiger partial charge in [-0.15, -0.1) is 0 Å². The van der Waals surface area contributed by atoms with Gasteiger partial charge < -0.3 is 19.7 Å². The molecule has 2 N–H and O–H groups in total. The number of halogens is 2. The number of methoxy groups -OCH3 is 1. The fraction of sp³-hybridized carbons (Fsp3) is 0.333. The van der Waals surface area contributed by atoms with Gasteiger partial charge >= 0.3 is 12.6 Å². The van der Waals surface area contributed by atoms with Gasteiger partial charge in [0.15, 0.2) is 11.5 Å². The SMILES string of the molecule is COc1ccc(CN(C)CCC(=O)NC(=O)NCc2ccccc2)cc1OC(F)F. The first-order valence-electron chi connectivity index (χ1n) is 9.29. The quantitative estimate of drug-likeness (QED) is 0.616. The van der Waals surface area contributed by atoms with E-state index in [1.54, 1.807) is 19.2 Å². The Morgan fingerprint density at radius 3 is 2.47 bits per heavy atom. The molecule has 0 aliphatic carbocycles. The minimum absolute atomic E-state index is 0.0498. The lowest BCUT2D eigenvalue weighted by molar-refractivity contribution is -0.120. The van der Waals surface area contributed by atoms with Crippen molar-refractivity contribution in [1.82, 2.24) is 15.5 Å². The van der Waals surface area contributed by atoms with Crippen LogP contribution < -0.4 is 20.1 Å². The number of hydrogen-bond acceptors (Lipinski definition) is 5. The zero-order valence-corrected chi connectivity index (χ0v) is 16.9. The van der Waals surface area contributed by atoms with Crippen LogP contribution in [0.25, 0.3) is 0 Å². The lowest BCUT2D eigenvalue weighted by atomic mass is 10.2. The molecular formula is C21H25F2N3O4. The van der Waals surface area contributed by atoms with Gasteiger partial charge in [0.05, 0.1) is 7.11 Å². The van der Waals surface area contributed by atoms with Gasteiger partial charge in [0.2, 0.25) is 5.91 Å². The number of urea groups is 1. The molecule has 0 unspecified atom stereocenters. The fourth-order valence-corrected chi connectivity index (χ4v) is 2.70. The highest BCUT2D eigenvalue weighted by molar-refractivity contribution is 5.94. The average molecular weight is 421 g/mol. The number of benzene rings is 2. The average Bonchev–Trinajstić information content (AvgIpc) is 2.71. The number of carbonyl (C=O) groups excluding carboxylic acids is 2. The predicted octanol–water partition coefficient (Wildman–Crippen LogP) is 3.14.